The van der Waals surface area contributed by atoms with Crippen molar-refractivity contribution in [3.63, 3.8) is 0 Å². The summed E-state index contributed by atoms with van der Waals surface area (Å²) in [6.45, 7) is 5.62. The molecule has 1 amide bonds. The zero-order chi connectivity index (χ0) is 26.8. The summed E-state index contributed by atoms with van der Waals surface area (Å²) in [5, 5.41) is 10.8. The van der Waals surface area contributed by atoms with Gasteiger partial charge in [0.1, 0.15) is 17.6 Å². The molecule has 8 heteroatoms. The van der Waals surface area contributed by atoms with Crippen LogP contribution in [0.2, 0.25) is 0 Å². The molecule has 2 aromatic carbocycles. The number of likely N-dealkylation sites (N-methyl/N-ethyl adjacent to an activating group) is 1. The van der Waals surface area contributed by atoms with Crippen molar-refractivity contribution in [3.8, 4) is 23.3 Å². The topological polar surface area (TPSA) is 53.0 Å². The van der Waals surface area contributed by atoms with E-state index >= 15 is 0 Å². The summed E-state index contributed by atoms with van der Waals surface area (Å²) < 4.78 is 45.2. The van der Waals surface area contributed by atoms with Crippen LogP contribution in [0.3, 0.4) is 0 Å². The number of benzene rings is 2. The predicted molar refractivity (Wildman–Crippen MR) is 136 cm³/mol. The number of piperidine rings is 1. The summed E-state index contributed by atoms with van der Waals surface area (Å²) in [5.41, 5.74) is 1.37. The number of rotatable bonds is 3. The van der Waals surface area contributed by atoms with E-state index in [1.165, 1.54) is 12.1 Å². The van der Waals surface area contributed by atoms with Crippen LogP contribution >= 0.6 is 0 Å². The molecular formula is C30H29F3N2O3. The summed E-state index contributed by atoms with van der Waals surface area (Å²) in [6.07, 6.45) is 0.563. The van der Waals surface area contributed by atoms with Gasteiger partial charge in [0.15, 0.2) is 0 Å². The number of alkyl halides is 3. The monoisotopic (exact) mass is 522 g/mol. The molecule has 1 N–H and O–H groups in total. The quantitative estimate of drug-likeness (QED) is 0.476. The molecule has 2 aliphatic heterocycles. The first-order valence-electron chi connectivity index (χ1n) is 13.0. The highest BCUT2D eigenvalue weighted by molar-refractivity contribution is 5.94. The van der Waals surface area contributed by atoms with Crippen LogP contribution in [0.4, 0.5) is 13.2 Å². The first-order chi connectivity index (χ1) is 18.1. The number of aromatic hydroxyl groups is 1. The van der Waals surface area contributed by atoms with Crippen molar-refractivity contribution in [2.45, 2.75) is 55.5 Å². The Kier molecular flexibility index (Phi) is 5.76. The fraction of sp³-hybridized carbons (Fsp3) is 0.433. The summed E-state index contributed by atoms with van der Waals surface area (Å²) >= 11 is 0. The lowest BCUT2D eigenvalue weighted by Crippen LogP contribution is -2.68. The summed E-state index contributed by atoms with van der Waals surface area (Å²) in [5.74, 6) is 6.38. The van der Waals surface area contributed by atoms with Gasteiger partial charge in [-0.1, -0.05) is 12.0 Å². The van der Waals surface area contributed by atoms with E-state index in [0.717, 1.165) is 67.8 Å². The highest BCUT2D eigenvalue weighted by Crippen LogP contribution is 2.63. The maximum absolute atomic E-state index is 13.2. The molecule has 2 aromatic rings. The van der Waals surface area contributed by atoms with Gasteiger partial charge in [0.25, 0.3) is 5.91 Å². The van der Waals surface area contributed by atoms with Gasteiger partial charge in [-0.3, -0.25) is 9.69 Å². The lowest BCUT2D eigenvalue weighted by molar-refractivity contribution is -0.137. The van der Waals surface area contributed by atoms with E-state index in [0.29, 0.717) is 17.2 Å². The number of phenols is 1. The van der Waals surface area contributed by atoms with Crippen LogP contribution in [-0.4, -0.2) is 59.1 Å². The minimum Gasteiger partial charge on any atom is -0.508 e. The number of ether oxygens (including phenoxy) is 1. The van der Waals surface area contributed by atoms with Crippen LogP contribution in [0.1, 0.15) is 41.5 Å². The van der Waals surface area contributed by atoms with Gasteiger partial charge < -0.3 is 14.7 Å². The fourth-order valence-corrected chi connectivity index (χ4v) is 7.51. The van der Waals surface area contributed by atoms with Crippen LogP contribution in [0, 0.1) is 17.8 Å². The van der Waals surface area contributed by atoms with E-state index < -0.39 is 17.6 Å². The Labute approximate surface area is 219 Å². The number of likely N-dealkylation sites (tertiary alicyclic amines) is 1. The van der Waals surface area contributed by atoms with Crippen molar-refractivity contribution in [1.82, 2.24) is 9.80 Å². The van der Waals surface area contributed by atoms with E-state index in [1.807, 2.05) is 12.1 Å². The number of hydrogen-bond donors (Lipinski definition) is 1. The molecule has 4 aliphatic rings. The largest absolute Gasteiger partial charge is 0.508 e. The summed E-state index contributed by atoms with van der Waals surface area (Å²) in [4.78, 5) is 17.3. The van der Waals surface area contributed by atoms with E-state index in [2.05, 4.69) is 23.3 Å². The molecule has 5 atom stereocenters. The van der Waals surface area contributed by atoms with Gasteiger partial charge in [-0.05, 0) is 74.5 Å². The smallest absolute Gasteiger partial charge is 0.416 e. The Morgan fingerprint density at radius 2 is 2.03 bits per heavy atom. The molecule has 2 aliphatic carbocycles. The van der Waals surface area contributed by atoms with Gasteiger partial charge in [-0.25, -0.2) is 0 Å². The second-order valence-corrected chi connectivity index (χ2v) is 10.8. The molecule has 0 radical (unpaired) electrons. The summed E-state index contributed by atoms with van der Waals surface area (Å²) in [7, 11) is 1.73. The normalized spacial score (nSPS) is 28.9. The second kappa shape index (κ2) is 8.81. The number of nitrogens with zero attached hydrogens (tertiary/aromatic N) is 2. The molecule has 0 aromatic heterocycles. The van der Waals surface area contributed by atoms with Crippen LogP contribution in [0.25, 0.3) is 0 Å². The predicted octanol–water partition coefficient (Wildman–Crippen LogP) is 4.51. The Hall–Kier alpha value is -3.44. The lowest BCUT2D eigenvalue weighted by atomic mass is 9.51. The van der Waals surface area contributed by atoms with Crippen molar-refractivity contribution >= 4 is 5.91 Å². The molecule has 0 unspecified atom stereocenters. The van der Waals surface area contributed by atoms with E-state index in [9.17, 15) is 23.1 Å². The third-order valence-corrected chi connectivity index (χ3v) is 9.13. The van der Waals surface area contributed by atoms with E-state index in [-0.39, 0.29) is 23.6 Å². The van der Waals surface area contributed by atoms with Crippen molar-refractivity contribution < 1.29 is 27.8 Å². The molecule has 2 bridgehead atoms. The third kappa shape index (κ3) is 3.63. The number of amides is 1. The van der Waals surface area contributed by atoms with Crippen LogP contribution in [-0.2, 0) is 22.8 Å². The standard InChI is InChI=1S/C30H29F3N2O3/c1-3-15-35-16-14-29-21-9-10-22(28(29)38-25-12-11-24(36)20(27(25)29)17-23(21)35)34(2)26(37)13-6-18-4-7-19(8-5-18)30(31,32)33/h3-5,7-8,11-12,21-23,28,36H,1,9-10,14-17H2,2H3/t21-,22+,23+,28-,29-/m0/s1. The third-order valence-electron chi connectivity index (χ3n) is 9.13. The Bertz CT molecular complexity index is 1360. The van der Waals surface area contributed by atoms with Gasteiger partial charge >= 0.3 is 6.18 Å². The van der Waals surface area contributed by atoms with Crippen LogP contribution < -0.4 is 4.74 Å². The first-order valence-corrected chi connectivity index (χ1v) is 13.0. The Morgan fingerprint density at radius 1 is 1.26 bits per heavy atom. The number of hydrogen-bond acceptors (Lipinski definition) is 4. The molecule has 2 fully saturated rings. The number of carbonyl (C=O) groups is 1. The number of halogens is 3. The Balaban J connectivity index is 1.30. The maximum atomic E-state index is 13.2. The molecular weight excluding hydrogens is 493 g/mol. The van der Waals surface area contributed by atoms with Crippen LogP contribution in [0.15, 0.2) is 49.1 Å². The molecule has 1 saturated heterocycles. The average Bonchev–Trinajstić information content (AvgIpc) is 3.23. The zero-order valence-electron chi connectivity index (χ0n) is 21.1. The van der Waals surface area contributed by atoms with E-state index in [1.54, 1.807) is 18.0 Å². The van der Waals surface area contributed by atoms with Crippen molar-refractivity contribution in [2.75, 3.05) is 20.1 Å². The molecule has 1 spiro atoms. The van der Waals surface area contributed by atoms with Gasteiger partial charge in [-0.2, -0.15) is 13.2 Å². The van der Waals surface area contributed by atoms with Gasteiger partial charge in [0.2, 0.25) is 0 Å². The molecule has 198 valence electrons. The highest BCUT2D eigenvalue weighted by Gasteiger charge is 2.66. The van der Waals surface area contributed by atoms with Crippen molar-refractivity contribution in [2.24, 2.45) is 5.92 Å². The van der Waals surface area contributed by atoms with E-state index in [4.69, 9.17) is 4.74 Å². The second-order valence-electron chi connectivity index (χ2n) is 10.8. The van der Waals surface area contributed by atoms with Crippen molar-refractivity contribution in [1.29, 1.82) is 0 Å². The molecule has 6 rings (SSSR count). The Morgan fingerprint density at radius 3 is 2.74 bits per heavy atom. The molecule has 5 nitrogen and oxygen atoms in total. The van der Waals surface area contributed by atoms with Gasteiger partial charge in [0, 0.05) is 47.7 Å². The highest BCUT2D eigenvalue weighted by atomic mass is 19.4. The maximum Gasteiger partial charge on any atom is 0.416 e. The summed E-state index contributed by atoms with van der Waals surface area (Å²) in [6, 6.07) is 8.08. The number of phenolic OH excluding ortho intramolecular Hbond substituents is 1. The first kappa shape index (κ1) is 24.9. The lowest BCUT2D eigenvalue weighted by Gasteiger charge is -2.60. The van der Waals surface area contributed by atoms with Crippen LogP contribution in [0.5, 0.6) is 11.5 Å². The molecule has 1 saturated carbocycles. The van der Waals surface area contributed by atoms with Gasteiger partial charge in [-0.15, -0.1) is 6.58 Å². The van der Waals surface area contributed by atoms with Crippen molar-refractivity contribution in [3.05, 3.63) is 71.3 Å². The molecule has 2 heterocycles. The fourth-order valence-electron chi connectivity index (χ4n) is 7.51. The SMILES string of the molecule is C=CCN1CC[C@@]23c4c5ccc(O)c4C[C@@H]1[C@@H]2CC[C@@H](N(C)C(=O)C#Cc1ccc(C(F)(F)F)cc1)[C@@H]3O5. The minimum atomic E-state index is -4.42. The number of carbonyl (C=O) groups excluding carboxylic acids is 1. The molecule has 38 heavy (non-hydrogen) atoms. The average molecular weight is 523 g/mol. The van der Waals surface area contributed by atoms with Gasteiger partial charge in [0.05, 0.1) is 11.6 Å². The zero-order valence-corrected chi connectivity index (χ0v) is 21.1. The minimum absolute atomic E-state index is 0.215.